The highest BCUT2D eigenvalue weighted by atomic mass is 32.2. The summed E-state index contributed by atoms with van der Waals surface area (Å²) in [6.07, 6.45) is 0. The number of nitrogens with zero attached hydrogens (tertiary/aromatic N) is 5. The Morgan fingerprint density at radius 1 is 1.25 bits per heavy atom. The molecule has 2 aromatic rings. The van der Waals surface area contributed by atoms with Crippen molar-refractivity contribution in [1.29, 1.82) is 0 Å². The summed E-state index contributed by atoms with van der Waals surface area (Å²) in [5, 5.41) is 2.58. The molecule has 0 aliphatic rings. The van der Waals surface area contributed by atoms with Crippen molar-refractivity contribution < 1.29 is 0 Å². The Bertz CT molecular complexity index is 568. The normalized spacial score (nSPS) is 10.6. The van der Waals surface area contributed by atoms with Crippen LogP contribution in [0.3, 0.4) is 0 Å². The Morgan fingerprint density at radius 2 is 2.00 bits per heavy atom. The zero-order chi connectivity index (χ0) is 14.5. The van der Waals surface area contributed by atoms with Crippen LogP contribution < -0.4 is 16.2 Å². The molecule has 2 aromatic heterocycles. The van der Waals surface area contributed by atoms with E-state index in [4.69, 9.17) is 5.84 Å². The van der Waals surface area contributed by atoms with E-state index in [1.807, 2.05) is 17.2 Å². The lowest BCUT2D eigenvalue weighted by molar-refractivity contribution is 0.783. The van der Waals surface area contributed by atoms with E-state index in [-0.39, 0.29) is 0 Å². The van der Waals surface area contributed by atoms with Gasteiger partial charge in [-0.3, -0.25) is 5.43 Å². The highest BCUT2D eigenvalue weighted by Crippen LogP contribution is 2.29. The van der Waals surface area contributed by atoms with Crippen LogP contribution in [0.25, 0.3) is 0 Å². The molecule has 2 heterocycles. The summed E-state index contributed by atoms with van der Waals surface area (Å²) in [7, 11) is 0. The van der Waals surface area contributed by atoms with Crippen LogP contribution in [0.4, 0.5) is 11.9 Å². The predicted octanol–water partition coefficient (Wildman–Crippen LogP) is 1.92. The molecule has 7 nitrogen and oxygen atoms in total. The molecule has 0 aromatic carbocycles. The smallest absolute Gasteiger partial charge is 0.242 e. The van der Waals surface area contributed by atoms with E-state index in [1.165, 1.54) is 11.8 Å². The van der Waals surface area contributed by atoms with Crippen LogP contribution in [0.15, 0.2) is 14.9 Å². The molecular weight excluding hydrogens is 294 g/mol. The number of anilines is 2. The van der Waals surface area contributed by atoms with Crippen molar-refractivity contribution in [1.82, 2.24) is 19.9 Å². The molecule has 0 fully saturated rings. The van der Waals surface area contributed by atoms with E-state index in [9.17, 15) is 0 Å². The molecule has 3 N–H and O–H groups in total. The largest absolute Gasteiger partial charge is 0.341 e. The van der Waals surface area contributed by atoms with Crippen LogP contribution in [0.2, 0.25) is 0 Å². The average Bonchev–Trinajstić information content (AvgIpc) is 2.85. The van der Waals surface area contributed by atoms with E-state index >= 15 is 0 Å². The number of aryl methyl sites for hydroxylation is 1. The number of hydrogen-bond acceptors (Lipinski definition) is 9. The van der Waals surface area contributed by atoms with Crippen molar-refractivity contribution in [2.24, 2.45) is 5.84 Å². The van der Waals surface area contributed by atoms with Crippen molar-refractivity contribution >= 4 is 35.0 Å². The van der Waals surface area contributed by atoms with Gasteiger partial charge in [-0.15, -0.1) is 11.3 Å². The van der Waals surface area contributed by atoms with Gasteiger partial charge in [0.25, 0.3) is 0 Å². The number of nitrogens with one attached hydrogen (secondary N) is 1. The number of rotatable bonds is 6. The minimum absolute atomic E-state index is 0.359. The molecular formula is C11H17N7S2. The summed E-state index contributed by atoms with van der Waals surface area (Å²) in [5.74, 6) is 6.40. The SMILES string of the molecule is CCN(CC)c1nc(NN)nc(Sc2nc(C)cs2)n1. The first kappa shape index (κ1) is 14.9. The van der Waals surface area contributed by atoms with Gasteiger partial charge in [0.1, 0.15) is 0 Å². The summed E-state index contributed by atoms with van der Waals surface area (Å²) in [5.41, 5.74) is 3.48. The maximum absolute atomic E-state index is 5.42. The Kier molecular flexibility index (Phi) is 5.10. The second-order valence-corrected chi connectivity index (χ2v) is 5.99. The zero-order valence-corrected chi connectivity index (χ0v) is 13.3. The Hall–Kier alpha value is -1.45. The van der Waals surface area contributed by atoms with Crippen molar-refractivity contribution in [2.45, 2.75) is 30.3 Å². The highest BCUT2D eigenvalue weighted by Gasteiger charge is 2.12. The molecule has 9 heteroatoms. The van der Waals surface area contributed by atoms with Gasteiger partial charge in [-0.25, -0.2) is 10.8 Å². The second kappa shape index (κ2) is 6.82. The standard InChI is InChI=1S/C11H17N7S2/c1-4-18(5-2)9-14-8(17-12)15-10(16-9)20-11-13-7(3)6-19-11/h6H,4-5,12H2,1-3H3,(H,14,15,16,17). The minimum atomic E-state index is 0.359. The fraction of sp³-hybridized carbons (Fsp3) is 0.455. The van der Waals surface area contributed by atoms with Crippen LogP contribution in [0, 0.1) is 6.92 Å². The quantitative estimate of drug-likeness (QED) is 0.617. The van der Waals surface area contributed by atoms with E-state index in [1.54, 1.807) is 11.3 Å². The monoisotopic (exact) mass is 311 g/mol. The Labute approximate surface area is 126 Å². The third-order valence-electron chi connectivity index (χ3n) is 2.56. The van der Waals surface area contributed by atoms with Crippen LogP contribution in [-0.4, -0.2) is 33.0 Å². The highest BCUT2D eigenvalue weighted by molar-refractivity contribution is 8.00. The number of aromatic nitrogens is 4. The Morgan fingerprint density at radius 3 is 2.55 bits per heavy atom. The fourth-order valence-corrected chi connectivity index (χ4v) is 3.25. The molecule has 2 rings (SSSR count). The Balaban J connectivity index is 2.29. The number of thiazole rings is 1. The van der Waals surface area contributed by atoms with Gasteiger partial charge in [-0.05, 0) is 32.5 Å². The molecule has 0 saturated heterocycles. The summed E-state index contributed by atoms with van der Waals surface area (Å²) in [6, 6.07) is 0. The molecule has 0 amide bonds. The van der Waals surface area contributed by atoms with E-state index in [2.05, 4.69) is 39.2 Å². The van der Waals surface area contributed by atoms with Crippen LogP contribution >= 0.6 is 23.1 Å². The minimum Gasteiger partial charge on any atom is -0.341 e. The predicted molar refractivity (Wildman–Crippen MR) is 82.2 cm³/mol. The lowest BCUT2D eigenvalue weighted by atomic mass is 10.5. The number of hydrazine groups is 1. The van der Waals surface area contributed by atoms with E-state index < -0.39 is 0 Å². The number of nitrogens with two attached hydrogens (primary N) is 1. The van der Waals surface area contributed by atoms with Gasteiger partial charge in [-0.2, -0.15) is 15.0 Å². The van der Waals surface area contributed by atoms with Gasteiger partial charge in [0, 0.05) is 24.2 Å². The van der Waals surface area contributed by atoms with Gasteiger partial charge in [-0.1, -0.05) is 0 Å². The first-order chi connectivity index (χ1) is 9.66. The molecule has 0 spiro atoms. The van der Waals surface area contributed by atoms with Gasteiger partial charge < -0.3 is 4.90 Å². The van der Waals surface area contributed by atoms with Crippen molar-refractivity contribution in [2.75, 3.05) is 23.4 Å². The van der Waals surface area contributed by atoms with Gasteiger partial charge >= 0.3 is 0 Å². The lowest BCUT2D eigenvalue weighted by Crippen LogP contribution is -2.25. The molecule has 0 aliphatic heterocycles. The maximum atomic E-state index is 5.42. The van der Waals surface area contributed by atoms with E-state index in [0.29, 0.717) is 17.1 Å². The van der Waals surface area contributed by atoms with Crippen molar-refractivity contribution in [3.63, 3.8) is 0 Å². The number of hydrogen-bond donors (Lipinski definition) is 2. The first-order valence-corrected chi connectivity index (χ1v) is 7.93. The van der Waals surface area contributed by atoms with Crippen LogP contribution in [-0.2, 0) is 0 Å². The molecule has 20 heavy (non-hydrogen) atoms. The zero-order valence-electron chi connectivity index (χ0n) is 11.6. The second-order valence-electron chi connectivity index (χ2n) is 3.92. The maximum Gasteiger partial charge on any atom is 0.242 e. The summed E-state index contributed by atoms with van der Waals surface area (Å²) < 4.78 is 0.905. The lowest BCUT2D eigenvalue weighted by Gasteiger charge is -2.18. The molecule has 0 aliphatic carbocycles. The van der Waals surface area contributed by atoms with Crippen molar-refractivity contribution in [3.05, 3.63) is 11.1 Å². The van der Waals surface area contributed by atoms with Crippen molar-refractivity contribution in [3.8, 4) is 0 Å². The van der Waals surface area contributed by atoms with Gasteiger partial charge in [0.15, 0.2) is 4.34 Å². The van der Waals surface area contributed by atoms with E-state index in [0.717, 1.165) is 23.1 Å². The summed E-state index contributed by atoms with van der Waals surface area (Å²) in [4.78, 5) is 19.4. The van der Waals surface area contributed by atoms with Gasteiger partial charge in [0.05, 0.1) is 0 Å². The summed E-state index contributed by atoms with van der Waals surface area (Å²) >= 11 is 2.98. The molecule has 0 unspecified atom stereocenters. The third kappa shape index (κ3) is 3.56. The molecule has 0 saturated carbocycles. The third-order valence-corrected chi connectivity index (χ3v) is 4.48. The molecule has 108 valence electrons. The van der Waals surface area contributed by atoms with Gasteiger partial charge in [0.2, 0.25) is 17.1 Å². The number of nitrogen functional groups attached to an aromatic ring is 1. The molecule has 0 bridgehead atoms. The fourth-order valence-electron chi connectivity index (χ4n) is 1.56. The average molecular weight is 311 g/mol. The van der Waals surface area contributed by atoms with Crippen LogP contribution in [0.5, 0.6) is 0 Å². The first-order valence-electron chi connectivity index (χ1n) is 6.23. The van der Waals surface area contributed by atoms with Crippen LogP contribution in [0.1, 0.15) is 19.5 Å². The summed E-state index contributed by atoms with van der Waals surface area (Å²) in [6.45, 7) is 7.72. The molecule has 0 radical (unpaired) electrons. The topological polar surface area (TPSA) is 92.9 Å². The molecule has 0 atom stereocenters.